The Morgan fingerprint density at radius 2 is 2.25 bits per heavy atom. The molecule has 110 valence electrons. The highest BCUT2D eigenvalue weighted by atomic mass is 16.6. The Hall–Kier alpha value is -1.89. The van der Waals surface area contributed by atoms with Gasteiger partial charge in [-0.2, -0.15) is 0 Å². The van der Waals surface area contributed by atoms with Crippen molar-refractivity contribution in [2.45, 2.75) is 31.9 Å². The van der Waals surface area contributed by atoms with E-state index < -0.39 is 17.2 Å². The van der Waals surface area contributed by atoms with Gasteiger partial charge in [0.05, 0.1) is 6.10 Å². The average Bonchev–Trinajstić information content (AvgIpc) is 2.47. The van der Waals surface area contributed by atoms with Gasteiger partial charge in [0.15, 0.2) is 0 Å². The Balaban J connectivity index is 1.90. The summed E-state index contributed by atoms with van der Waals surface area (Å²) in [7, 11) is 1.36. The van der Waals surface area contributed by atoms with E-state index in [0.29, 0.717) is 6.61 Å². The summed E-state index contributed by atoms with van der Waals surface area (Å²) in [5, 5.41) is 0. The first-order chi connectivity index (χ1) is 9.58. The molecule has 2 heterocycles. The second kappa shape index (κ2) is 6.51. The van der Waals surface area contributed by atoms with Gasteiger partial charge in [0.25, 0.3) is 5.56 Å². The normalized spacial score (nSPS) is 18.8. The smallest absolute Gasteiger partial charge is 0.331 e. The standard InChI is InChI=1S/C13H18N2O5/c1-14-11(16)5-6-15(13(14)18)8-12(17)20-9-10-4-2-3-7-19-10/h5-6,10H,2-4,7-9H2,1H3. The molecule has 1 aliphatic rings. The Morgan fingerprint density at radius 1 is 1.45 bits per heavy atom. The first-order valence-corrected chi connectivity index (χ1v) is 6.61. The molecule has 0 radical (unpaired) electrons. The molecule has 0 N–H and O–H groups in total. The molecule has 1 aromatic heterocycles. The zero-order valence-corrected chi connectivity index (χ0v) is 11.4. The van der Waals surface area contributed by atoms with Crippen LogP contribution in [0, 0.1) is 0 Å². The summed E-state index contributed by atoms with van der Waals surface area (Å²) in [6.45, 7) is 0.696. The molecule has 0 bridgehead atoms. The number of hydrogen-bond acceptors (Lipinski definition) is 5. The van der Waals surface area contributed by atoms with Crippen LogP contribution in [-0.2, 0) is 27.9 Å². The number of carbonyl (C=O) groups excluding carboxylic acids is 1. The highest BCUT2D eigenvalue weighted by Crippen LogP contribution is 2.12. The van der Waals surface area contributed by atoms with Gasteiger partial charge in [0, 0.05) is 25.9 Å². The SMILES string of the molecule is Cn1c(=O)ccn(CC(=O)OCC2CCCCO2)c1=O. The number of nitrogens with zero attached hydrogens (tertiary/aromatic N) is 2. The lowest BCUT2D eigenvalue weighted by Crippen LogP contribution is -2.38. The minimum atomic E-state index is -0.539. The highest BCUT2D eigenvalue weighted by molar-refractivity contribution is 5.69. The van der Waals surface area contributed by atoms with Crippen LogP contribution in [0.15, 0.2) is 21.9 Å². The molecule has 20 heavy (non-hydrogen) atoms. The molecule has 1 atom stereocenters. The van der Waals surface area contributed by atoms with Gasteiger partial charge in [-0.15, -0.1) is 0 Å². The van der Waals surface area contributed by atoms with Crippen molar-refractivity contribution >= 4 is 5.97 Å². The molecular weight excluding hydrogens is 264 g/mol. The maximum absolute atomic E-state index is 11.7. The second-order valence-corrected chi connectivity index (χ2v) is 4.80. The lowest BCUT2D eigenvalue weighted by Gasteiger charge is -2.22. The number of hydrogen-bond donors (Lipinski definition) is 0. The summed E-state index contributed by atoms with van der Waals surface area (Å²) in [6.07, 6.45) is 4.24. The van der Waals surface area contributed by atoms with Crippen molar-refractivity contribution < 1.29 is 14.3 Å². The van der Waals surface area contributed by atoms with Crippen molar-refractivity contribution in [3.8, 4) is 0 Å². The molecule has 0 saturated carbocycles. The third-order valence-electron chi connectivity index (χ3n) is 3.26. The van der Waals surface area contributed by atoms with E-state index in [9.17, 15) is 14.4 Å². The van der Waals surface area contributed by atoms with Crippen molar-refractivity contribution in [3.05, 3.63) is 33.1 Å². The van der Waals surface area contributed by atoms with Gasteiger partial charge in [-0.1, -0.05) is 0 Å². The fourth-order valence-electron chi connectivity index (χ4n) is 2.05. The zero-order valence-electron chi connectivity index (χ0n) is 11.4. The largest absolute Gasteiger partial charge is 0.462 e. The Kier molecular flexibility index (Phi) is 4.73. The van der Waals surface area contributed by atoms with Crippen molar-refractivity contribution in [2.75, 3.05) is 13.2 Å². The number of carbonyl (C=O) groups is 1. The van der Waals surface area contributed by atoms with Crippen LogP contribution >= 0.6 is 0 Å². The van der Waals surface area contributed by atoms with Crippen LogP contribution in [-0.4, -0.2) is 34.4 Å². The second-order valence-electron chi connectivity index (χ2n) is 4.80. The highest BCUT2D eigenvalue weighted by Gasteiger charge is 2.16. The quantitative estimate of drug-likeness (QED) is 0.706. The van der Waals surface area contributed by atoms with Gasteiger partial charge in [0.1, 0.15) is 13.2 Å². The first-order valence-electron chi connectivity index (χ1n) is 6.61. The topological polar surface area (TPSA) is 79.5 Å². The molecule has 7 heteroatoms. The van der Waals surface area contributed by atoms with Crippen molar-refractivity contribution in [1.82, 2.24) is 9.13 Å². The molecular formula is C13H18N2O5. The van der Waals surface area contributed by atoms with Crippen molar-refractivity contribution in [3.63, 3.8) is 0 Å². The Bertz CT molecular complexity index is 583. The molecule has 7 nitrogen and oxygen atoms in total. The van der Waals surface area contributed by atoms with E-state index in [2.05, 4.69) is 0 Å². The number of esters is 1. The Morgan fingerprint density at radius 3 is 2.95 bits per heavy atom. The predicted octanol–water partition coefficient (Wildman–Crippen LogP) is -0.341. The van der Waals surface area contributed by atoms with Gasteiger partial charge in [-0.3, -0.25) is 18.7 Å². The predicted molar refractivity (Wildman–Crippen MR) is 70.5 cm³/mol. The van der Waals surface area contributed by atoms with Crippen LogP contribution in [0.3, 0.4) is 0 Å². The van der Waals surface area contributed by atoms with E-state index in [-0.39, 0.29) is 19.3 Å². The summed E-state index contributed by atoms with van der Waals surface area (Å²) in [6, 6.07) is 1.24. The summed E-state index contributed by atoms with van der Waals surface area (Å²) in [5.74, 6) is -0.514. The fraction of sp³-hybridized carbons (Fsp3) is 0.615. The molecule has 0 aliphatic carbocycles. The van der Waals surface area contributed by atoms with E-state index in [1.807, 2.05) is 0 Å². The number of ether oxygens (including phenoxy) is 2. The first kappa shape index (κ1) is 14.5. The van der Waals surface area contributed by atoms with Crippen LogP contribution in [0.1, 0.15) is 19.3 Å². The minimum Gasteiger partial charge on any atom is -0.462 e. The summed E-state index contributed by atoms with van der Waals surface area (Å²) >= 11 is 0. The summed E-state index contributed by atoms with van der Waals surface area (Å²) < 4.78 is 12.6. The van der Waals surface area contributed by atoms with E-state index in [4.69, 9.17) is 9.47 Å². The molecule has 1 aliphatic heterocycles. The summed E-state index contributed by atoms with van der Waals surface area (Å²) in [5.41, 5.74) is -0.946. The van der Waals surface area contributed by atoms with Crippen LogP contribution in [0.4, 0.5) is 0 Å². The van der Waals surface area contributed by atoms with Crippen LogP contribution in [0.2, 0.25) is 0 Å². The van der Waals surface area contributed by atoms with Crippen LogP contribution < -0.4 is 11.2 Å². The van der Waals surface area contributed by atoms with E-state index >= 15 is 0 Å². The van der Waals surface area contributed by atoms with E-state index in [1.165, 1.54) is 19.3 Å². The van der Waals surface area contributed by atoms with Crippen LogP contribution in [0.25, 0.3) is 0 Å². The monoisotopic (exact) mass is 282 g/mol. The molecule has 0 amide bonds. The molecule has 0 aromatic carbocycles. The van der Waals surface area contributed by atoms with E-state index in [0.717, 1.165) is 28.4 Å². The lowest BCUT2D eigenvalue weighted by atomic mass is 10.1. The molecule has 1 saturated heterocycles. The minimum absolute atomic E-state index is 0.0513. The maximum atomic E-state index is 11.7. The van der Waals surface area contributed by atoms with Gasteiger partial charge in [-0.25, -0.2) is 4.79 Å². The fourth-order valence-corrected chi connectivity index (χ4v) is 2.05. The van der Waals surface area contributed by atoms with E-state index in [1.54, 1.807) is 0 Å². The van der Waals surface area contributed by atoms with Gasteiger partial charge >= 0.3 is 11.7 Å². The van der Waals surface area contributed by atoms with Crippen molar-refractivity contribution in [1.29, 1.82) is 0 Å². The average molecular weight is 282 g/mol. The molecule has 0 spiro atoms. The summed E-state index contributed by atoms with van der Waals surface area (Å²) in [4.78, 5) is 34.6. The molecule has 1 unspecified atom stereocenters. The van der Waals surface area contributed by atoms with Gasteiger partial charge < -0.3 is 9.47 Å². The third kappa shape index (κ3) is 3.57. The Labute approximate surface area is 115 Å². The van der Waals surface area contributed by atoms with Crippen molar-refractivity contribution in [2.24, 2.45) is 7.05 Å². The third-order valence-corrected chi connectivity index (χ3v) is 3.26. The number of aromatic nitrogens is 2. The maximum Gasteiger partial charge on any atom is 0.331 e. The zero-order chi connectivity index (χ0) is 14.5. The molecule has 1 aromatic rings. The lowest BCUT2D eigenvalue weighted by molar-refractivity contribution is -0.149. The molecule has 1 fully saturated rings. The van der Waals surface area contributed by atoms with Gasteiger partial charge in [0.2, 0.25) is 0 Å². The number of rotatable bonds is 4. The van der Waals surface area contributed by atoms with Gasteiger partial charge in [-0.05, 0) is 19.3 Å². The molecule has 2 rings (SSSR count). The van der Waals surface area contributed by atoms with Crippen LogP contribution in [0.5, 0.6) is 0 Å².